The zero-order valence-corrected chi connectivity index (χ0v) is 10.3. The van der Waals surface area contributed by atoms with Crippen LogP contribution in [0.15, 0.2) is 23.6 Å². The van der Waals surface area contributed by atoms with Crippen molar-refractivity contribution in [1.82, 2.24) is 4.98 Å². The summed E-state index contributed by atoms with van der Waals surface area (Å²) in [7, 11) is 0. The molecule has 3 N–H and O–H groups in total. The van der Waals surface area contributed by atoms with Gasteiger partial charge in [0.25, 0.3) is 0 Å². The molecule has 3 rings (SSSR count). The van der Waals surface area contributed by atoms with Gasteiger partial charge in [-0.2, -0.15) is 0 Å². The monoisotopic (exact) mass is 264 g/mol. The van der Waals surface area contributed by atoms with E-state index in [2.05, 4.69) is 4.98 Å². The maximum absolute atomic E-state index is 9.00. The molecule has 0 saturated heterocycles. The number of aromatic nitrogens is 1. The van der Waals surface area contributed by atoms with Crippen molar-refractivity contribution in [2.45, 2.75) is 6.04 Å². The lowest BCUT2D eigenvalue weighted by atomic mass is 10.2. The number of fused-ring (bicyclic) bond motifs is 1. The quantitative estimate of drug-likeness (QED) is 0.879. The molecule has 0 radical (unpaired) electrons. The van der Waals surface area contributed by atoms with E-state index in [1.54, 1.807) is 0 Å². The van der Waals surface area contributed by atoms with E-state index in [1.807, 2.05) is 23.6 Å². The smallest absolute Gasteiger partial charge is 0.231 e. The summed E-state index contributed by atoms with van der Waals surface area (Å²) in [5.74, 6) is 1.48. The fourth-order valence-electron chi connectivity index (χ4n) is 1.71. The van der Waals surface area contributed by atoms with Crippen LogP contribution in [0.3, 0.4) is 0 Å². The van der Waals surface area contributed by atoms with Crippen molar-refractivity contribution >= 4 is 11.3 Å². The van der Waals surface area contributed by atoms with Crippen LogP contribution in [0.4, 0.5) is 0 Å². The van der Waals surface area contributed by atoms with Crippen molar-refractivity contribution in [3.05, 3.63) is 29.3 Å². The van der Waals surface area contributed by atoms with Gasteiger partial charge in [0.05, 0.1) is 18.3 Å². The third-order valence-corrected chi connectivity index (χ3v) is 3.63. The first-order valence-corrected chi connectivity index (χ1v) is 6.38. The van der Waals surface area contributed by atoms with Crippen LogP contribution < -0.4 is 15.2 Å². The maximum atomic E-state index is 9.00. The lowest BCUT2D eigenvalue weighted by Gasteiger charge is -2.02. The van der Waals surface area contributed by atoms with E-state index >= 15 is 0 Å². The molecule has 1 atom stereocenters. The summed E-state index contributed by atoms with van der Waals surface area (Å²) in [5, 5.41) is 11.7. The second-order valence-corrected chi connectivity index (χ2v) is 4.79. The molecule has 1 aromatic carbocycles. The van der Waals surface area contributed by atoms with Gasteiger partial charge in [-0.1, -0.05) is 0 Å². The van der Waals surface area contributed by atoms with Gasteiger partial charge in [-0.3, -0.25) is 0 Å². The highest BCUT2D eigenvalue weighted by atomic mass is 32.1. The third-order valence-electron chi connectivity index (χ3n) is 2.72. The fraction of sp³-hybridized carbons (Fsp3) is 0.250. The summed E-state index contributed by atoms with van der Waals surface area (Å²) < 4.78 is 10.6. The summed E-state index contributed by atoms with van der Waals surface area (Å²) >= 11 is 1.49. The Balaban J connectivity index is 1.92. The van der Waals surface area contributed by atoms with Gasteiger partial charge in [0.1, 0.15) is 5.01 Å². The Kier molecular flexibility index (Phi) is 2.91. The minimum atomic E-state index is -0.427. The molecule has 0 bridgehead atoms. The van der Waals surface area contributed by atoms with Crippen molar-refractivity contribution < 1.29 is 14.6 Å². The molecule has 18 heavy (non-hydrogen) atoms. The average molecular weight is 264 g/mol. The number of nitrogens with zero attached hydrogens (tertiary/aromatic N) is 1. The SMILES string of the molecule is NC(CO)c1csc(-c2ccc3c(c2)OCO3)n1. The molecule has 1 unspecified atom stereocenters. The van der Waals surface area contributed by atoms with E-state index in [9.17, 15) is 0 Å². The van der Waals surface area contributed by atoms with Gasteiger partial charge in [-0.25, -0.2) is 4.98 Å². The first-order chi connectivity index (χ1) is 8.78. The summed E-state index contributed by atoms with van der Waals surface area (Å²) in [4.78, 5) is 4.41. The molecule has 0 aliphatic carbocycles. The topological polar surface area (TPSA) is 77.6 Å². The molecule has 0 amide bonds. The molecule has 0 fully saturated rings. The highest BCUT2D eigenvalue weighted by molar-refractivity contribution is 7.13. The lowest BCUT2D eigenvalue weighted by molar-refractivity contribution is 0.174. The molecule has 6 heteroatoms. The number of nitrogens with two attached hydrogens (primary N) is 1. The number of hydrogen-bond acceptors (Lipinski definition) is 6. The minimum absolute atomic E-state index is 0.107. The van der Waals surface area contributed by atoms with Gasteiger partial charge in [0.15, 0.2) is 11.5 Å². The predicted molar refractivity (Wildman–Crippen MR) is 67.7 cm³/mol. The Labute approximate surface area is 108 Å². The number of hydrogen-bond donors (Lipinski definition) is 2. The molecule has 1 aliphatic rings. The van der Waals surface area contributed by atoms with Crippen molar-refractivity contribution in [1.29, 1.82) is 0 Å². The molecule has 2 heterocycles. The summed E-state index contributed by atoms with van der Waals surface area (Å²) in [6.07, 6.45) is 0. The number of aliphatic hydroxyl groups is 1. The van der Waals surface area contributed by atoms with E-state index in [0.717, 1.165) is 22.1 Å². The maximum Gasteiger partial charge on any atom is 0.231 e. The number of rotatable bonds is 3. The van der Waals surface area contributed by atoms with E-state index in [4.69, 9.17) is 20.3 Å². The van der Waals surface area contributed by atoms with Crippen LogP contribution in [0.1, 0.15) is 11.7 Å². The molecular weight excluding hydrogens is 252 g/mol. The molecule has 0 saturated carbocycles. The van der Waals surface area contributed by atoms with Crippen molar-refractivity contribution in [3.63, 3.8) is 0 Å². The number of benzene rings is 1. The minimum Gasteiger partial charge on any atom is -0.454 e. The van der Waals surface area contributed by atoms with E-state index in [0.29, 0.717) is 5.69 Å². The lowest BCUT2D eigenvalue weighted by Crippen LogP contribution is -2.14. The zero-order valence-electron chi connectivity index (χ0n) is 9.50. The van der Waals surface area contributed by atoms with Crippen molar-refractivity contribution in [2.24, 2.45) is 5.73 Å². The Bertz CT molecular complexity index is 570. The van der Waals surface area contributed by atoms with Gasteiger partial charge in [-0.05, 0) is 18.2 Å². The highest BCUT2D eigenvalue weighted by Crippen LogP contribution is 2.36. The van der Waals surface area contributed by atoms with Gasteiger partial charge in [0, 0.05) is 10.9 Å². The van der Waals surface area contributed by atoms with Crippen molar-refractivity contribution in [3.8, 4) is 22.1 Å². The number of thiazole rings is 1. The first kappa shape index (κ1) is 11.5. The number of aliphatic hydroxyl groups excluding tert-OH is 1. The molecule has 1 aromatic heterocycles. The average Bonchev–Trinajstić information content (AvgIpc) is 3.05. The van der Waals surface area contributed by atoms with Crippen LogP contribution in [0.2, 0.25) is 0 Å². The van der Waals surface area contributed by atoms with E-state index in [-0.39, 0.29) is 13.4 Å². The normalized spacial score (nSPS) is 14.8. The van der Waals surface area contributed by atoms with Gasteiger partial charge < -0.3 is 20.3 Å². The van der Waals surface area contributed by atoms with Crippen LogP contribution in [-0.2, 0) is 0 Å². The molecule has 1 aliphatic heterocycles. The van der Waals surface area contributed by atoms with Crippen LogP contribution in [0, 0.1) is 0 Å². The molecule has 5 nitrogen and oxygen atoms in total. The van der Waals surface area contributed by atoms with Crippen LogP contribution in [0.5, 0.6) is 11.5 Å². The Morgan fingerprint density at radius 2 is 2.22 bits per heavy atom. The summed E-state index contributed by atoms with van der Waals surface area (Å²) in [6.45, 7) is 0.154. The second-order valence-electron chi connectivity index (χ2n) is 3.93. The Hall–Kier alpha value is -1.63. The van der Waals surface area contributed by atoms with Gasteiger partial charge in [0.2, 0.25) is 6.79 Å². The molecule has 94 valence electrons. The van der Waals surface area contributed by atoms with E-state index < -0.39 is 6.04 Å². The van der Waals surface area contributed by atoms with Crippen LogP contribution in [-0.4, -0.2) is 23.5 Å². The Morgan fingerprint density at radius 3 is 3.06 bits per heavy atom. The van der Waals surface area contributed by atoms with Gasteiger partial charge in [-0.15, -0.1) is 11.3 Å². The number of ether oxygens (including phenoxy) is 2. The van der Waals surface area contributed by atoms with Crippen LogP contribution in [0.25, 0.3) is 10.6 Å². The van der Waals surface area contributed by atoms with Gasteiger partial charge >= 0.3 is 0 Å². The van der Waals surface area contributed by atoms with E-state index in [1.165, 1.54) is 11.3 Å². The second kappa shape index (κ2) is 4.56. The fourth-order valence-corrected chi connectivity index (χ4v) is 2.59. The summed E-state index contributed by atoms with van der Waals surface area (Å²) in [5.41, 5.74) is 7.39. The molecule has 0 spiro atoms. The first-order valence-electron chi connectivity index (χ1n) is 5.50. The molecular formula is C12H12N2O3S. The highest BCUT2D eigenvalue weighted by Gasteiger charge is 2.16. The summed E-state index contributed by atoms with van der Waals surface area (Å²) in [6, 6.07) is 5.27. The largest absolute Gasteiger partial charge is 0.454 e. The molecule has 2 aromatic rings. The van der Waals surface area contributed by atoms with Crippen molar-refractivity contribution in [2.75, 3.05) is 13.4 Å². The standard InChI is InChI=1S/C12H12N2O3S/c13-8(4-15)9-5-18-12(14-9)7-1-2-10-11(3-7)17-6-16-10/h1-3,5,8,15H,4,6,13H2. The Morgan fingerprint density at radius 1 is 1.39 bits per heavy atom. The third kappa shape index (κ3) is 1.94. The zero-order chi connectivity index (χ0) is 12.5. The van der Waals surface area contributed by atoms with Crippen LogP contribution >= 0.6 is 11.3 Å². The predicted octanol–water partition coefficient (Wildman–Crippen LogP) is 1.53.